The average molecular weight is 247 g/mol. The zero-order valence-electron chi connectivity index (χ0n) is 11.4. The maximum atomic E-state index is 4.54. The van der Waals surface area contributed by atoms with Crippen molar-refractivity contribution in [3.05, 3.63) is 18.2 Å². The first-order valence-electron chi connectivity index (χ1n) is 7.63. The van der Waals surface area contributed by atoms with Gasteiger partial charge in [-0.1, -0.05) is 13.3 Å². The van der Waals surface area contributed by atoms with Gasteiger partial charge < -0.3 is 9.88 Å². The zero-order valence-corrected chi connectivity index (χ0v) is 11.4. The molecule has 1 aliphatic carbocycles. The molecular weight excluding hydrogens is 222 g/mol. The summed E-state index contributed by atoms with van der Waals surface area (Å²) in [6, 6.07) is 1.46. The van der Waals surface area contributed by atoms with Crippen LogP contribution in [0.25, 0.3) is 0 Å². The summed E-state index contributed by atoms with van der Waals surface area (Å²) >= 11 is 0. The topological polar surface area (TPSA) is 29.9 Å². The summed E-state index contributed by atoms with van der Waals surface area (Å²) in [5, 5.41) is 3.87. The van der Waals surface area contributed by atoms with E-state index in [1.165, 1.54) is 44.3 Å². The van der Waals surface area contributed by atoms with Gasteiger partial charge in [-0.05, 0) is 38.0 Å². The molecule has 2 fully saturated rings. The van der Waals surface area contributed by atoms with Crippen LogP contribution in [-0.2, 0) is 13.0 Å². The number of piperidine rings is 1. The summed E-state index contributed by atoms with van der Waals surface area (Å²) in [5.41, 5.74) is 0. The molecule has 0 bridgehead atoms. The second kappa shape index (κ2) is 5.43. The number of hydrogen-bond acceptors (Lipinski definition) is 2. The minimum absolute atomic E-state index is 0.655. The summed E-state index contributed by atoms with van der Waals surface area (Å²) in [7, 11) is 0. The number of rotatable bonds is 4. The molecule has 0 amide bonds. The zero-order chi connectivity index (χ0) is 12.4. The van der Waals surface area contributed by atoms with E-state index in [-0.39, 0.29) is 0 Å². The van der Waals surface area contributed by atoms with Crippen molar-refractivity contribution in [2.24, 2.45) is 5.92 Å². The third-order valence-electron chi connectivity index (χ3n) is 4.69. The second-order valence-corrected chi connectivity index (χ2v) is 5.98. The van der Waals surface area contributed by atoms with E-state index in [0.717, 1.165) is 24.9 Å². The smallest absolute Gasteiger partial charge is 0.110 e. The molecule has 18 heavy (non-hydrogen) atoms. The predicted molar refractivity (Wildman–Crippen MR) is 73.5 cm³/mol. The molecule has 100 valence electrons. The molecule has 0 spiro atoms. The van der Waals surface area contributed by atoms with Crippen LogP contribution in [-0.4, -0.2) is 21.6 Å². The number of nitrogens with one attached hydrogen (secondary N) is 1. The first-order valence-corrected chi connectivity index (χ1v) is 7.63. The highest BCUT2D eigenvalue weighted by atomic mass is 15.1. The minimum Gasteiger partial charge on any atom is -0.335 e. The standard InChI is InChI=1S/C15H25N3/c1-2-9-18-10-8-16-15(18)11-13-7-6-12-4-3-5-14(12)17-13/h8,10,12-14,17H,2-7,9,11H2,1H3. The Labute approximate surface area is 110 Å². The van der Waals surface area contributed by atoms with Crippen LogP contribution < -0.4 is 5.32 Å². The first-order chi connectivity index (χ1) is 8.86. The molecule has 1 N–H and O–H groups in total. The van der Waals surface area contributed by atoms with Crippen molar-refractivity contribution in [3.63, 3.8) is 0 Å². The molecule has 3 atom stereocenters. The van der Waals surface area contributed by atoms with E-state index in [1.807, 2.05) is 6.20 Å². The Morgan fingerprint density at radius 2 is 2.28 bits per heavy atom. The highest BCUT2D eigenvalue weighted by molar-refractivity contribution is 4.99. The van der Waals surface area contributed by atoms with Gasteiger partial charge in [0.1, 0.15) is 5.82 Å². The Balaban J connectivity index is 1.60. The van der Waals surface area contributed by atoms with Crippen molar-refractivity contribution in [1.82, 2.24) is 14.9 Å². The number of aromatic nitrogens is 2. The van der Waals surface area contributed by atoms with Crippen LogP contribution in [0, 0.1) is 5.92 Å². The predicted octanol–water partition coefficient (Wildman–Crippen LogP) is 2.76. The number of hydrogen-bond donors (Lipinski definition) is 1. The van der Waals surface area contributed by atoms with Gasteiger partial charge in [0.05, 0.1) is 0 Å². The van der Waals surface area contributed by atoms with Gasteiger partial charge in [0.15, 0.2) is 0 Å². The van der Waals surface area contributed by atoms with Crippen molar-refractivity contribution < 1.29 is 0 Å². The lowest BCUT2D eigenvalue weighted by Crippen LogP contribution is -2.46. The van der Waals surface area contributed by atoms with E-state index in [2.05, 4.69) is 28.0 Å². The number of aryl methyl sites for hydroxylation is 1. The molecule has 3 unspecified atom stereocenters. The Bertz CT molecular complexity index is 385. The summed E-state index contributed by atoms with van der Waals surface area (Å²) in [5.74, 6) is 2.24. The summed E-state index contributed by atoms with van der Waals surface area (Å²) in [4.78, 5) is 4.54. The largest absolute Gasteiger partial charge is 0.335 e. The van der Waals surface area contributed by atoms with Crippen molar-refractivity contribution in [1.29, 1.82) is 0 Å². The van der Waals surface area contributed by atoms with Crippen LogP contribution in [0.3, 0.4) is 0 Å². The Hall–Kier alpha value is -0.830. The minimum atomic E-state index is 0.655. The summed E-state index contributed by atoms with van der Waals surface area (Å²) in [6.07, 6.45) is 13.4. The lowest BCUT2D eigenvalue weighted by Gasteiger charge is -2.33. The van der Waals surface area contributed by atoms with Crippen LogP contribution in [0.2, 0.25) is 0 Å². The van der Waals surface area contributed by atoms with Crippen molar-refractivity contribution in [2.75, 3.05) is 0 Å². The van der Waals surface area contributed by atoms with Crippen molar-refractivity contribution >= 4 is 0 Å². The van der Waals surface area contributed by atoms with Gasteiger partial charge in [0.25, 0.3) is 0 Å². The third-order valence-corrected chi connectivity index (χ3v) is 4.69. The molecule has 0 aromatic carbocycles. The molecule has 3 heteroatoms. The fraction of sp³-hybridized carbons (Fsp3) is 0.800. The number of fused-ring (bicyclic) bond motifs is 1. The Morgan fingerprint density at radius 3 is 3.17 bits per heavy atom. The molecular formula is C15H25N3. The molecule has 2 heterocycles. The second-order valence-electron chi connectivity index (χ2n) is 5.98. The maximum Gasteiger partial charge on any atom is 0.110 e. The van der Waals surface area contributed by atoms with Gasteiger partial charge in [-0.25, -0.2) is 4.98 Å². The Kier molecular flexibility index (Phi) is 3.69. The Morgan fingerprint density at radius 1 is 1.33 bits per heavy atom. The lowest BCUT2D eigenvalue weighted by atomic mass is 9.88. The fourth-order valence-corrected chi connectivity index (χ4v) is 3.76. The highest BCUT2D eigenvalue weighted by Gasteiger charge is 2.33. The molecule has 1 aromatic heterocycles. The monoisotopic (exact) mass is 247 g/mol. The van der Waals surface area contributed by atoms with Gasteiger partial charge in [0, 0.05) is 37.4 Å². The fourth-order valence-electron chi connectivity index (χ4n) is 3.76. The molecule has 0 radical (unpaired) electrons. The number of nitrogens with zero attached hydrogens (tertiary/aromatic N) is 2. The molecule has 1 saturated carbocycles. The van der Waals surface area contributed by atoms with E-state index in [1.54, 1.807) is 0 Å². The van der Waals surface area contributed by atoms with E-state index in [9.17, 15) is 0 Å². The van der Waals surface area contributed by atoms with E-state index in [4.69, 9.17) is 0 Å². The first kappa shape index (κ1) is 12.2. The van der Waals surface area contributed by atoms with E-state index in [0.29, 0.717) is 6.04 Å². The van der Waals surface area contributed by atoms with Crippen LogP contribution in [0.4, 0.5) is 0 Å². The lowest BCUT2D eigenvalue weighted by molar-refractivity contribution is 0.254. The van der Waals surface area contributed by atoms with Gasteiger partial charge >= 0.3 is 0 Å². The quantitative estimate of drug-likeness (QED) is 0.886. The highest BCUT2D eigenvalue weighted by Crippen LogP contribution is 2.34. The summed E-state index contributed by atoms with van der Waals surface area (Å²) < 4.78 is 2.32. The molecule has 3 nitrogen and oxygen atoms in total. The molecule has 1 aromatic rings. The van der Waals surface area contributed by atoms with Gasteiger partial charge in [-0.15, -0.1) is 0 Å². The SMILES string of the molecule is CCCn1ccnc1CC1CCC2CCCC2N1. The van der Waals surface area contributed by atoms with Gasteiger partial charge in [-0.3, -0.25) is 0 Å². The summed E-state index contributed by atoms with van der Waals surface area (Å²) in [6.45, 7) is 3.33. The van der Waals surface area contributed by atoms with Crippen LogP contribution in [0.5, 0.6) is 0 Å². The van der Waals surface area contributed by atoms with E-state index < -0.39 is 0 Å². The van der Waals surface area contributed by atoms with Crippen LogP contribution in [0.15, 0.2) is 12.4 Å². The van der Waals surface area contributed by atoms with Crippen molar-refractivity contribution in [3.8, 4) is 0 Å². The van der Waals surface area contributed by atoms with E-state index >= 15 is 0 Å². The van der Waals surface area contributed by atoms with Crippen LogP contribution >= 0.6 is 0 Å². The average Bonchev–Trinajstić information content (AvgIpc) is 2.99. The molecule has 3 rings (SSSR count). The van der Waals surface area contributed by atoms with Gasteiger partial charge in [0.2, 0.25) is 0 Å². The molecule has 1 aliphatic heterocycles. The number of imidazole rings is 1. The molecule has 1 saturated heterocycles. The molecule has 2 aliphatic rings. The maximum absolute atomic E-state index is 4.54. The third kappa shape index (κ3) is 2.46. The van der Waals surface area contributed by atoms with Gasteiger partial charge in [-0.2, -0.15) is 0 Å². The normalized spacial score (nSPS) is 31.5. The van der Waals surface area contributed by atoms with Crippen LogP contribution in [0.1, 0.15) is 51.3 Å². The van der Waals surface area contributed by atoms with Crippen molar-refractivity contribution in [2.45, 2.75) is 70.5 Å².